The van der Waals surface area contributed by atoms with E-state index in [0.29, 0.717) is 32.5 Å². The Labute approximate surface area is 175 Å². The summed E-state index contributed by atoms with van der Waals surface area (Å²) in [7, 11) is 0. The molecule has 156 valence electrons. The van der Waals surface area contributed by atoms with E-state index in [-0.39, 0.29) is 17.6 Å². The molecule has 0 unspecified atom stereocenters. The molecule has 2 aromatic heterocycles. The summed E-state index contributed by atoms with van der Waals surface area (Å²) in [4.78, 5) is 19.1. The van der Waals surface area contributed by atoms with Gasteiger partial charge in [-0.15, -0.1) is 21.5 Å². The molecule has 4 rings (SSSR count). The maximum atomic E-state index is 12.9. The Morgan fingerprint density at radius 1 is 1.41 bits per heavy atom. The summed E-state index contributed by atoms with van der Waals surface area (Å²) in [6.07, 6.45) is 9.26. The highest BCUT2D eigenvalue weighted by Crippen LogP contribution is 2.35. The Hall–Kier alpha value is -1.90. The van der Waals surface area contributed by atoms with Crippen LogP contribution in [0.25, 0.3) is 0 Å². The van der Waals surface area contributed by atoms with Crippen molar-refractivity contribution in [3.8, 4) is 0 Å². The molecule has 1 amide bonds. The van der Waals surface area contributed by atoms with Gasteiger partial charge in [0.15, 0.2) is 0 Å². The molecule has 2 aromatic rings. The van der Waals surface area contributed by atoms with Crippen LogP contribution in [0.2, 0.25) is 0 Å². The van der Waals surface area contributed by atoms with Crippen LogP contribution in [-0.2, 0) is 22.5 Å². The SMILES string of the molecule is Cc1nnc(CCC(=O)N2CCO[C@@]3(CCCC[C@@H]3NCc3cccnc3)C2)s1. The first-order valence-electron chi connectivity index (χ1n) is 10.5. The van der Waals surface area contributed by atoms with Gasteiger partial charge in [-0.2, -0.15) is 0 Å². The number of hydrogen-bond donors (Lipinski definition) is 1. The third kappa shape index (κ3) is 4.99. The normalized spacial score (nSPS) is 24.7. The number of morpholine rings is 1. The van der Waals surface area contributed by atoms with E-state index in [2.05, 4.69) is 26.6 Å². The Morgan fingerprint density at radius 2 is 2.34 bits per heavy atom. The van der Waals surface area contributed by atoms with Gasteiger partial charge in [-0.3, -0.25) is 9.78 Å². The fourth-order valence-corrected chi connectivity index (χ4v) is 5.14. The van der Waals surface area contributed by atoms with Crippen LogP contribution in [0.5, 0.6) is 0 Å². The van der Waals surface area contributed by atoms with E-state index in [1.54, 1.807) is 17.5 Å². The molecule has 7 nitrogen and oxygen atoms in total. The maximum absolute atomic E-state index is 12.9. The minimum atomic E-state index is -0.284. The zero-order valence-electron chi connectivity index (χ0n) is 17.0. The first kappa shape index (κ1) is 20.4. The smallest absolute Gasteiger partial charge is 0.223 e. The molecule has 1 aliphatic carbocycles. The predicted octanol–water partition coefficient (Wildman–Crippen LogP) is 2.50. The number of aromatic nitrogens is 3. The van der Waals surface area contributed by atoms with Crippen LogP contribution in [0.3, 0.4) is 0 Å². The summed E-state index contributed by atoms with van der Waals surface area (Å²) in [5.41, 5.74) is 0.887. The molecule has 29 heavy (non-hydrogen) atoms. The Kier molecular flexibility index (Phi) is 6.52. The molecular formula is C21H29N5O2S. The van der Waals surface area contributed by atoms with Crippen LogP contribution in [-0.4, -0.2) is 57.3 Å². The van der Waals surface area contributed by atoms with E-state index >= 15 is 0 Å². The fraction of sp³-hybridized carbons (Fsp3) is 0.619. The number of rotatable bonds is 6. The van der Waals surface area contributed by atoms with Gasteiger partial charge in [0, 0.05) is 44.4 Å². The average Bonchev–Trinajstić information content (AvgIpc) is 3.17. The van der Waals surface area contributed by atoms with Crippen molar-refractivity contribution in [1.82, 2.24) is 25.4 Å². The number of amides is 1. The monoisotopic (exact) mass is 415 g/mol. The minimum Gasteiger partial charge on any atom is -0.370 e. The van der Waals surface area contributed by atoms with Gasteiger partial charge in [-0.05, 0) is 31.4 Å². The zero-order valence-corrected chi connectivity index (χ0v) is 17.8. The second-order valence-corrected chi connectivity index (χ2v) is 9.25. The highest BCUT2D eigenvalue weighted by molar-refractivity contribution is 7.11. The van der Waals surface area contributed by atoms with E-state index in [1.165, 1.54) is 12.0 Å². The van der Waals surface area contributed by atoms with Crippen molar-refractivity contribution < 1.29 is 9.53 Å². The van der Waals surface area contributed by atoms with Gasteiger partial charge in [0.1, 0.15) is 15.6 Å². The topological polar surface area (TPSA) is 80.2 Å². The number of ether oxygens (including phenoxy) is 1. The largest absolute Gasteiger partial charge is 0.370 e. The van der Waals surface area contributed by atoms with Crippen molar-refractivity contribution in [3.05, 3.63) is 40.1 Å². The molecule has 3 heterocycles. The van der Waals surface area contributed by atoms with Gasteiger partial charge in [0.05, 0.1) is 13.2 Å². The lowest BCUT2D eigenvalue weighted by molar-refractivity contribution is -0.163. The molecule has 0 aromatic carbocycles. The molecule has 8 heteroatoms. The van der Waals surface area contributed by atoms with Crippen molar-refractivity contribution in [2.24, 2.45) is 0 Å². The number of nitrogens with zero attached hydrogens (tertiary/aromatic N) is 4. The van der Waals surface area contributed by atoms with Crippen LogP contribution in [0.4, 0.5) is 0 Å². The second kappa shape index (κ2) is 9.28. The van der Waals surface area contributed by atoms with Crippen LogP contribution in [0, 0.1) is 6.92 Å². The van der Waals surface area contributed by atoms with E-state index in [4.69, 9.17) is 4.74 Å². The van der Waals surface area contributed by atoms with Crippen LogP contribution >= 0.6 is 11.3 Å². The van der Waals surface area contributed by atoms with Gasteiger partial charge in [0.25, 0.3) is 0 Å². The average molecular weight is 416 g/mol. The summed E-state index contributed by atoms with van der Waals surface area (Å²) >= 11 is 1.57. The van der Waals surface area contributed by atoms with E-state index in [0.717, 1.165) is 35.8 Å². The van der Waals surface area contributed by atoms with Gasteiger partial charge in [-0.1, -0.05) is 18.9 Å². The van der Waals surface area contributed by atoms with Crippen molar-refractivity contribution in [3.63, 3.8) is 0 Å². The number of hydrogen-bond acceptors (Lipinski definition) is 7. The predicted molar refractivity (Wildman–Crippen MR) is 112 cm³/mol. The van der Waals surface area contributed by atoms with E-state index in [1.807, 2.05) is 24.1 Å². The molecule has 1 saturated carbocycles. The van der Waals surface area contributed by atoms with Crippen molar-refractivity contribution >= 4 is 17.2 Å². The zero-order chi connectivity index (χ0) is 20.1. The van der Waals surface area contributed by atoms with Crippen molar-refractivity contribution in [1.29, 1.82) is 0 Å². The highest BCUT2D eigenvalue weighted by Gasteiger charge is 2.45. The summed E-state index contributed by atoms with van der Waals surface area (Å²) in [6.45, 7) is 4.66. The second-order valence-electron chi connectivity index (χ2n) is 7.98. The molecule has 2 atom stereocenters. The highest BCUT2D eigenvalue weighted by atomic mass is 32.1. The number of carbonyl (C=O) groups is 1. The van der Waals surface area contributed by atoms with E-state index < -0.39 is 0 Å². The number of nitrogens with one attached hydrogen (secondary N) is 1. The Morgan fingerprint density at radius 3 is 3.14 bits per heavy atom. The third-order valence-corrected chi connectivity index (χ3v) is 6.83. The molecule has 2 fully saturated rings. The lowest BCUT2D eigenvalue weighted by atomic mass is 9.78. The summed E-state index contributed by atoms with van der Waals surface area (Å²) in [6, 6.07) is 4.30. The first-order valence-corrected chi connectivity index (χ1v) is 11.3. The Balaban J connectivity index is 1.37. The number of aryl methyl sites for hydroxylation is 2. The number of carbonyl (C=O) groups excluding carboxylic acids is 1. The standard InChI is InChI=1S/C21H29N5O2S/c1-16-24-25-19(29-16)7-8-20(27)26-11-12-28-21(15-26)9-3-2-6-18(21)23-14-17-5-4-10-22-13-17/h4-5,10,13,18,23H,2-3,6-9,11-12,14-15H2,1H3/t18-,21-/m0/s1. The van der Waals surface area contributed by atoms with Crippen molar-refractivity contribution in [2.45, 2.75) is 63.6 Å². The minimum absolute atomic E-state index is 0.192. The Bertz CT molecular complexity index is 810. The lowest BCUT2D eigenvalue weighted by Crippen LogP contribution is -2.64. The summed E-state index contributed by atoms with van der Waals surface area (Å²) in [5, 5.41) is 13.8. The van der Waals surface area contributed by atoms with Gasteiger partial charge >= 0.3 is 0 Å². The van der Waals surface area contributed by atoms with Gasteiger partial charge < -0.3 is 15.0 Å². The quantitative estimate of drug-likeness (QED) is 0.781. The first-order chi connectivity index (χ1) is 14.1. The molecule has 1 aliphatic heterocycles. The molecule has 1 N–H and O–H groups in total. The lowest BCUT2D eigenvalue weighted by Gasteiger charge is -2.50. The summed E-state index contributed by atoms with van der Waals surface area (Å²) in [5.74, 6) is 0.192. The maximum Gasteiger partial charge on any atom is 0.223 e. The number of pyridine rings is 1. The van der Waals surface area contributed by atoms with Crippen LogP contribution < -0.4 is 5.32 Å². The molecule has 0 bridgehead atoms. The molecule has 0 radical (unpaired) electrons. The molecule has 1 saturated heterocycles. The van der Waals surface area contributed by atoms with Gasteiger partial charge in [0.2, 0.25) is 5.91 Å². The van der Waals surface area contributed by atoms with Crippen LogP contribution in [0.15, 0.2) is 24.5 Å². The summed E-state index contributed by atoms with van der Waals surface area (Å²) < 4.78 is 6.36. The molecular weight excluding hydrogens is 386 g/mol. The fourth-order valence-electron chi connectivity index (χ4n) is 4.43. The van der Waals surface area contributed by atoms with Gasteiger partial charge in [-0.25, -0.2) is 0 Å². The molecule has 2 aliphatic rings. The van der Waals surface area contributed by atoms with E-state index in [9.17, 15) is 4.79 Å². The molecule has 1 spiro atoms. The van der Waals surface area contributed by atoms with Crippen LogP contribution in [0.1, 0.15) is 47.7 Å². The third-order valence-electron chi connectivity index (χ3n) is 5.94. The van der Waals surface area contributed by atoms with Crippen molar-refractivity contribution in [2.75, 3.05) is 19.7 Å².